The molecule has 0 fully saturated rings. The molecule has 0 bridgehead atoms. The number of methoxy groups -OCH3 is 1. The van der Waals surface area contributed by atoms with Crippen LogP contribution in [0.1, 0.15) is 24.1 Å². The van der Waals surface area contributed by atoms with Gasteiger partial charge >= 0.3 is 0 Å². The highest BCUT2D eigenvalue weighted by Crippen LogP contribution is 2.18. The predicted molar refractivity (Wildman–Crippen MR) is 87.8 cm³/mol. The summed E-state index contributed by atoms with van der Waals surface area (Å²) in [7, 11) is 1.58. The summed E-state index contributed by atoms with van der Waals surface area (Å²) in [5.74, 6) is 0.176. The van der Waals surface area contributed by atoms with Crippen LogP contribution in [0.2, 0.25) is 0 Å². The Balaban J connectivity index is 2.09. The van der Waals surface area contributed by atoms with E-state index in [1.54, 1.807) is 31.4 Å². The molecule has 0 aliphatic rings. The van der Waals surface area contributed by atoms with E-state index in [0.717, 1.165) is 5.56 Å². The highest BCUT2D eigenvalue weighted by atomic mass is 16.5. The van der Waals surface area contributed by atoms with Gasteiger partial charge in [0.05, 0.1) is 7.11 Å². The van der Waals surface area contributed by atoms with E-state index in [-0.39, 0.29) is 11.8 Å². The van der Waals surface area contributed by atoms with Crippen LogP contribution in [0.5, 0.6) is 5.75 Å². The van der Waals surface area contributed by atoms with Crippen molar-refractivity contribution in [1.82, 2.24) is 10.6 Å². The highest BCUT2D eigenvalue weighted by molar-refractivity contribution is 5.87. The van der Waals surface area contributed by atoms with Gasteiger partial charge in [-0.2, -0.15) is 0 Å². The summed E-state index contributed by atoms with van der Waals surface area (Å²) in [6.07, 6.45) is 0. The minimum Gasteiger partial charge on any atom is -0.497 e. The lowest BCUT2D eigenvalue weighted by atomic mass is 10.1. The molecule has 120 valence electrons. The molecule has 0 aliphatic heterocycles. The first kappa shape index (κ1) is 16.5. The van der Waals surface area contributed by atoms with Gasteiger partial charge in [0, 0.05) is 13.5 Å². The molecule has 2 N–H and O–H groups in total. The zero-order valence-electron chi connectivity index (χ0n) is 13.2. The molecule has 2 aromatic rings. The Kier molecular flexibility index (Phi) is 5.74. The summed E-state index contributed by atoms with van der Waals surface area (Å²) in [6, 6.07) is 15.9. The largest absolute Gasteiger partial charge is 0.497 e. The Bertz CT molecular complexity index is 654. The standard InChI is InChI=1S/C18H20N2O3/c1-13(21)20-17(15-8-10-16(23-2)11-9-15)18(22)19-12-14-6-4-3-5-7-14/h3-11,17H,12H2,1-2H3,(H,19,22)(H,20,21). The zero-order valence-corrected chi connectivity index (χ0v) is 13.2. The maximum atomic E-state index is 12.4. The van der Waals surface area contributed by atoms with Gasteiger partial charge in [0.15, 0.2) is 0 Å². The van der Waals surface area contributed by atoms with Gasteiger partial charge in [-0.3, -0.25) is 9.59 Å². The van der Waals surface area contributed by atoms with Crippen LogP contribution >= 0.6 is 0 Å². The number of nitrogens with one attached hydrogen (secondary N) is 2. The lowest BCUT2D eigenvalue weighted by Gasteiger charge is -2.18. The molecule has 0 spiro atoms. The molecule has 5 nitrogen and oxygen atoms in total. The van der Waals surface area contributed by atoms with Gasteiger partial charge in [-0.25, -0.2) is 0 Å². The first-order valence-corrected chi connectivity index (χ1v) is 7.33. The minimum atomic E-state index is -0.734. The molecule has 2 amide bonds. The maximum Gasteiger partial charge on any atom is 0.247 e. The molecular formula is C18H20N2O3. The van der Waals surface area contributed by atoms with E-state index >= 15 is 0 Å². The first-order valence-electron chi connectivity index (χ1n) is 7.33. The fraction of sp³-hybridized carbons (Fsp3) is 0.222. The van der Waals surface area contributed by atoms with Crippen LogP contribution in [0.15, 0.2) is 54.6 Å². The van der Waals surface area contributed by atoms with Gasteiger partial charge in [-0.15, -0.1) is 0 Å². The van der Waals surface area contributed by atoms with Crippen molar-refractivity contribution in [2.45, 2.75) is 19.5 Å². The van der Waals surface area contributed by atoms with Crippen LogP contribution in [0, 0.1) is 0 Å². The van der Waals surface area contributed by atoms with Crippen molar-refractivity contribution in [3.05, 3.63) is 65.7 Å². The Labute approximate surface area is 135 Å². The molecule has 0 saturated heterocycles. The number of ether oxygens (including phenoxy) is 1. The van der Waals surface area contributed by atoms with E-state index in [4.69, 9.17) is 4.74 Å². The van der Waals surface area contributed by atoms with Crippen molar-refractivity contribution >= 4 is 11.8 Å². The number of carbonyl (C=O) groups excluding carboxylic acids is 2. The first-order chi connectivity index (χ1) is 11.1. The number of hydrogen-bond donors (Lipinski definition) is 2. The molecule has 5 heteroatoms. The topological polar surface area (TPSA) is 67.4 Å². The van der Waals surface area contributed by atoms with Gasteiger partial charge in [0.25, 0.3) is 0 Å². The highest BCUT2D eigenvalue weighted by Gasteiger charge is 2.21. The van der Waals surface area contributed by atoms with Crippen molar-refractivity contribution in [2.75, 3.05) is 7.11 Å². The molecule has 1 unspecified atom stereocenters. The Hall–Kier alpha value is -2.82. The summed E-state index contributed by atoms with van der Waals surface area (Å²) in [5.41, 5.74) is 1.70. The lowest BCUT2D eigenvalue weighted by molar-refractivity contribution is -0.128. The maximum absolute atomic E-state index is 12.4. The van der Waals surface area contributed by atoms with E-state index in [1.165, 1.54) is 6.92 Å². The molecule has 0 aromatic heterocycles. The van der Waals surface area contributed by atoms with Crippen LogP contribution in [0.3, 0.4) is 0 Å². The van der Waals surface area contributed by atoms with Crippen molar-refractivity contribution in [3.8, 4) is 5.75 Å². The van der Waals surface area contributed by atoms with Gasteiger partial charge < -0.3 is 15.4 Å². The zero-order chi connectivity index (χ0) is 16.7. The quantitative estimate of drug-likeness (QED) is 0.859. The molecule has 23 heavy (non-hydrogen) atoms. The summed E-state index contributed by atoms with van der Waals surface area (Å²) >= 11 is 0. The SMILES string of the molecule is COc1ccc(C(NC(C)=O)C(=O)NCc2ccccc2)cc1. The second-order valence-corrected chi connectivity index (χ2v) is 5.11. The number of amides is 2. The van der Waals surface area contributed by atoms with E-state index in [1.807, 2.05) is 30.3 Å². The van der Waals surface area contributed by atoms with Crippen LogP contribution in [0.4, 0.5) is 0 Å². The second-order valence-electron chi connectivity index (χ2n) is 5.11. The lowest BCUT2D eigenvalue weighted by Crippen LogP contribution is -2.39. The number of benzene rings is 2. The van der Waals surface area contributed by atoms with E-state index in [0.29, 0.717) is 17.9 Å². The molecule has 0 aliphatic carbocycles. The fourth-order valence-electron chi connectivity index (χ4n) is 2.19. The summed E-state index contributed by atoms with van der Waals surface area (Å²) < 4.78 is 5.11. The molecule has 1 atom stereocenters. The number of carbonyl (C=O) groups is 2. The Morgan fingerprint density at radius 2 is 1.70 bits per heavy atom. The van der Waals surface area contributed by atoms with Gasteiger partial charge in [0.2, 0.25) is 11.8 Å². The van der Waals surface area contributed by atoms with Crippen molar-refractivity contribution in [3.63, 3.8) is 0 Å². The average molecular weight is 312 g/mol. The third-order valence-electron chi connectivity index (χ3n) is 3.37. The monoisotopic (exact) mass is 312 g/mol. The molecular weight excluding hydrogens is 292 g/mol. The average Bonchev–Trinajstić information content (AvgIpc) is 2.58. The minimum absolute atomic E-state index is 0.255. The smallest absolute Gasteiger partial charge is 0.247 e. The van der Waals surface area contributed by atoms with Gasteiger partial charge in [-0.05, 0) is 23.3 Å². The summed E-state index contributed by atoms with van der Waals surface area (Å²) in [5, 5.41) is 5.52. The van der Waals surface area contributed by atoms with Crippen molar-refractivity contribution in [1.29, 1.82) is 0 Å². The van der Waals surface area contributed by atoms with E-state index in [2.05, 4.69) is 10.6 Å². The third kappa shape index (κ3) is 4.85. The second kappa shape index (κ2) is 7.98. The van der Waals surface area contributed by atoms with Crippen LogP contribution in [0.25, 0.3) is 0 Å². The summed E-state index contributed by atoms with van der Waals surface area (Å²) in [6.45, 7) is 1.80. The molecule has 0 heterocycles. The molecule has 2 rings (SSSR count). The van der Waals surface area contributed by atoms with Crippen LogP contribution < -0.4 is 15.4 Å². The fourth-order valence-corrected chi connectivity index (χ4v) is 2.19. The van der Waals surface area contributed by atoms with Crippen LogP contribution in [-0.4, -0.2) is 18.9 Å². The van der Waals surface area contributed by atoms with Crippen molar-refractivity contribution < 1.29 is 14.3 Å². The Morgan fingerprint density at radius 1 is 1.04 bits per heavy atom. The van der Waals surface area contributed by atoms with Gasteiger partial charge in [-0.1, -0.05) is 42.5 Å². The molecule has 0 radical (unpaired) electrons. The molecule has 2 aromatic carbocycles. The van der Waals surface area contributed by atoms with Crippen molar-refractivity contribution in [2.24, 2.45) is 0 Å². The predicted octanol–water partition coefficient (Wildman–Crippen LogP) is 2.19. The summed E-state index contributed by atoms with van der Waals surface area (Å²) in [4.78, 5) is 23.9. The molecule has 0 saturated carbocycles. The normalized spacial score (nSPS) is 11.4. The van der Waals surface area contributed by atoms with E-state index < -0.39 is 6.04 Å². The van der Waals surface area contributed by atoms with E-state index in [9.17, 15) is 9.59 Å². The number of rotatable bonds is 6. The third-order valence-corrected chi connectivity index (χ3v) is 3.37. The van der Waals surface area contributed by atoms with Crippen LogP contribution in [-0.2, 0) is 16.1 Å². The van der Waals surface area contributed by atoms with Gasteiger partial charge in [0.1, 0.15) is 11.8 Å². The Morgan fingerprint density at radius 3 is 2.26 bits per heavy atom. The number of hydrogen-bond acceptors (Lipinski definition) is 3.